The Morgan fingerprint density at radius 2 is 2.06 bits per heavy atom. The Labute approximate surface area is 103 Å². The molecule has 0 radical (unpaired) electrons. The van der Waals surface area contributed by atoms with Crippen molar-refractivity contribution in [1.29, 1.82) is 0 Å². The van der Waals surface area contributed by atoms with Crippen LogP contribution in [0.1, 0.15) is 12.5 Å². The number of carbonyl (C=O) groups is 1. The van der Waals surface area contributed by atoms with Gasteiger partial charge in [0.05, 0.1) is 5.56 Å². The molecule has 1 amide bonds. The molecule has 0 saturated carbocycles. The zero-order chi connectivity index (χ0) is 13.9. The number of amides is 1. The fourth-order valence-corrected chi connectivity index (χ4v) is 1.36. The van der Waals surface area contributed by atoms with Crippen LogP contribution in [0.5, 0.6) is 0 Å². The minimum absolute atomic E-state index is 0.0209. The lowest BCUT2D eigenvalue weighted by Crippen LogP contribution is -2.36. The molecule has 0 aliphatic carbocycles. The third-order valence-corrected chi connectivity index (χ3v) is 2.26. The van der Waals surface area contributed by atoms with Gasteiger partial charge in [-0.2, -0.15) is 13.2 Å². The second-order valence-corrected chi connectivity index (χ2v) is 4.03. The molecular formula is C11H14F3N3O. The predicted octanol–water partition coefficient (Wildman–Crippen LogP) is 1.99. The Bertz CT molecular complexity index is 432. The summed E-state index contributed by atoms with van der Waals surface area (Å²) in [5, 5.41) is 2.63. The molecule has 0 spiro atoms. The molecule has 0 aliphatic heterocycles. The molecular weight excluding hydrogens is 247 g/mol. The highest BCUT2D eigenvalue weighted by atomic mass is 19.4. The van der Waals surface area contributed by atoms with Crippen molar-refractivity contribution < 1.29 is 18.0 Å². The van der Waals surface area contributed by atoms with Gasteiger partial charge in [0.25, 0.3) is 0 Å². The molecule has 1 aromatic rings. The maximum atomic E-state index is 12.5. The fourth-order valence-electron chi connectivity index (χ4n) is 1.36. The molecule has 0 aliphatic rings. The van der Waals surface area contributed by atoms with E-state index in [1.165, 1.54) is 4.90 Å². The Hall–Kier alpha value is -1.79. The Morgan fingerprint density at radius 3 is 2.56 bits per heavy atom. The lowest BCUT2D eigenvalue weighted by molar-refractivity contribution is -0.137. The van der Waals surface area contributed by atoms with Crippen molar-refractivity contribution in [2.45, 2.75) is 19.1 Å². The average Bonchev–Trinajstić information content (AvgIpc) is 2.27. The normalized spacial score (nSPS) is 13.0. The number of hydrogen-bond acceptors (Lipinski definition) is 3. The molecule has 1 N–H and O–H groups in total. The third kappa shape index (κ3) is 3.61. The summed E-state index contributed by atoms with van der Waals surface area (Å²) in [7, 11) is 3.14. The quantitative estimate of drug-likeness (QED) is 0.905. The molecule has 4 nitrogen and oxygen atoms in total. The van der Waals surface area contributed by atoms with Gasteiger partial charge in [-0.1, -0.05) is 0 Å². The van der Waals surface area contributed by atoms with Crippen molar-refractivity contribution >= 4 is 11.7 Å². The average molecular weight is 261 g/mol. The Balaban J connectivity index is 2.83. The highest BCUT2D eigenvalue weighted by Crippen LogP contribution is 2.29. The summed E-state index contributed by atoms with van der Waals surface area (Å²) in [4.78, 5) is 16.6. The van der Waals surface area contributed by atoms with Gasteiger partial charge in [0.2, 0.25) is 5.91 Å². The minimum atomic E-state index is -4.42. The molecule has 0 aromatic carbocycles. The topological polar surface area (TPSA) is 45.2 Å². The van der Waals surface area contributed by atoms with Crippen LogP contribution in [-0.4, -0.2) is 35.9 Å². The second-order valence-electron chi connectivity index (χ2n) is 4.03. The number of alkyl halides is 3. The van der Waals surface area contributed by atoms with Gasteiger partial charge in [0.1, 0.15) is 11.9 Å². The lowest BCUT2D eigenvalue weighted by atomic mass is 10.2. The summed E-state index contributed by atoms with van der Waals surface area (Å²) < 4.78 is 37.4. The smallest absolute Gasteiger partial charge is 0.359 e. The van der Waals surface area contributed by atoms with E-state index in [1.807, 2.05) is 0 Å². The summed E-state index contributed by atoms with van der Waals surface area (Å²) in [6.07, 6.45) is -3.37. The van der Waals surface area contributed by atoms with E-state index in [0.29, 0.717) is 0 Å². The standard InChI is InChI=1S/C11H14F3N3O/c1-7(10(18)17(2)3)16-9-6-8(4-5-15-9)11(12,13)14/h4-7H,1-3H3,(H,15,16)/t7-/m0/s1. The van der Waals surface area contributed by atoms with Gasteiger partial charge < -0.3 is 10.2 Å². The minimum Gasteiger partial charge on any atom is -0.359 e. The van der Waals surface area contributed by atoms with Gasteiger partial charge in [-0.3, -0.25) is 4.79 Å². The predicted molar refractivity (Wildman–Crippen MR) is 61.0 cm³/mol. The monoisotopic (exact) mass is 261 g/mol. The van der Waals surface area contributed by atoms with Gasteiger partial charge in [-0.25, -0.2) is 4.98 Å². The van der Waals surface area contributed by atoms with Crippen molar-refractivity contribution in [1.82, 2.24) is 9.88 Å². The number of hydrogen-bond donors (Lipinski definition) is 1. The maximum Gasteiger partial charge on any atom is 0.416 e. The maximum absolute atomic E-state index is 12.5. The molecule has 0 fully saturated rings. The van der Waals surface area contributed by atoms with Crippen molar-refractivity contribution in [2.24, 2.45) is 0 Å². The van der Waals surface area contributed by atoms with E-state index < -0.39 is 17.8 Å². The number of carbonyl (C=O) groups excluding carboxylic acids is 1. The summed E-state index contributed by atoms with van der Waals surface area (Å²) >= 11 is 0. The molecule has 1 heterocycles. The van der Waals surface area contributed by atoms with Crippen LogP contribution < -0.4 is 5.32 Å². The van der Waals surface area contributed by atoms with E-state index >= 15 is 0 Å². The number of pyridine rings is 1. The summed E-state index contributed by atoms with van der Waals surface area (Å²) in [5.74, 6) is -0.221. The van der Waals surface area contributed by atoms with Crippen LogP contribution in [0.4, 0.5) is 19.0 Å². The Morgan fingerprint density at radius 1 is 1.44 bits per heavy atom. The first-order chi connectivity index (χ1) is 8.21. The molecule has 1 aromatic heterocycles. The van der Waals surface area contributed by atoms with Crippen molar-refractivity contribution in [3.05, 3.63) is 23.9 Å². The largest absolute Gasteiger partial charge is 0.416 e. The third-order valence-electron chi connectivity index (χ3n) is 2.26. The van der Waals surface area contributed by atoms with Gasteiger partial charge in [0.15, 0.2) is 0 Å². The fraction of sp³-hybridized carbons (Fsp3) is 0.455. The lowest BCUT2D eigenvalue weighted by Gasteiger charge is -2.18. The highest BCUT2D eigenvalue weighted by Gasteiger charge is 2.31. The summed E-state index contributed by atoms with van der Waals surface area (Å²) in [6, 6.07) is 1.11. The zero-order valence-corrected chi connectivity index (χ0v) is 10.2. The number of aromatic nitrogens is 1. The number of anilines is 1. The first-order valence-electron chi connectivity index (χ1n) is 5.22. The van der Waals surface area contributed by atoms with E-state index in [1.54, 1.807) is 21.0 Å². The van der Waals surface area contributed by atoms with E-state index in [9.17, 15) is 18.0 Å². The number of nitrogens with zero attached hydrogens (tertiary/aromatic N) is 2. The summed E-state index contributed by atoms with van der Waals surface area (Å²) in [6.45, 7) is 1.56. The summed E-state index contributed by atoms with van der Waals surface area (Å²) in [5.41, 5.74) is -0.801. The van der Waals surface area contributed by atoms with E-state index in [-0.39, 0.29) is 11.7 Å². The van der Waals surface area contributed by atoms with Crippen LogP contribution in [0, 0.1) is 0 Å². The van der Waals surface area contributed by atoms with Crippen molar-refractivity contribution in [3.63, 3.8) is 0 Å². The second kappa shape index (κ2) is 5.24. The van der Waals surface area contributed by atoms with Gasteiger partial charge in [-0.15, -0.1) is 0 Å². The van der Waals surface area contributed by atoms with Crippen LogP contribution >= 0.6 is 0 Å². The van der Waals surface area contributed by atoms with Crippen LogP contribution in [0.15, 0.2) is 18.3 Å². The number of halogens is 3. The van der Waals surface area contributed by atoms with Crippen molar-refractivity contribution in [2.75, 3.05) is 19.4 Å². The van der Waals surface area contributed by atoms with Crippen LogP contribution in [0.2, 0.25) is 0 Å². The first kappa shape index (κ1) is 14.3. The van der Waals surface area contributed by atoms with Gasteiger partial charge >= 0.3 is 6.18 Å². The number of rotatable bonds is 3. The number of nitrogens with one attached hydrogen (secondary N) is 1. The van der Waals surface area contributed by atoms with Gasteiger partial charge in [-0.05, 0) is 19.1 Å². The molecule has 0 bridgehead atoms. The van der Waals surface area contributed by atoms with Gasteiger partial charge in [0, 0.05) is 20.3 Å². The molecule has 0 unspecified atom stereocenters. The molecule has 100 valence electrons. The number of likely N-dealkylation sites (N-methyl/N-ethyl adjacent to an activating group) is 1. The van der Waals surface area contributed by atoms with Crippen LogP contribution in [-0.2, 0) is 11.0 Å². The highest BCUT2D eigenvalue weighted by molar-refractivity contribution is 5.83. The first-order valence-corrected chi connectivity index (χ1v) is 5.22. The van der Waals surface area contributed by atoms with Crippen LogP contribution in [0.3, 0.4) is 0 Å². The molecule has 0 saturated heterocycles. The van der Waals surface area contributed by atoms with Crippen LogP contribution in [0.25, 0.3) is 0 Å². The SMILES string of the molecule is C[C@H](Nc1cc(C(F)(F)F)ccn1)C(=O)N(C)C. The van der Waals surface area contributed by atoms with E-state index in [4.69, 9.17) is 0 Å². The van der Waals surface area contributed by atoms with E-state index in [0.717, 1.165) is 18.3 Å². The molecule has 7 heteroatoms. The molecule has 18 heavy (non-hydrogen) atoms. The molecule has 1 rings (SSSR count). The molecule has 1 atom stereocenters. The van der Waals surface area contributed by atoms with E-state index in [2.05, 4.69) is 10.3 Å². The zero-order valence-electron chi connectivity index (χ0n) is 10.2. The van der Waals surface area contributed by atoms with Crippen molar-refractivity contribution in [3.8, 4) is 0 Å². The Kier molecular flexibility index (Phi) is 4.15.